The van der Waals surface area contributed by atoms with Crippen LogP contribution >= 0.6 is 23.2 Å². The number of nitriles is 1. The first-order chi connectivity index (χ1) is 13.0. The summed E-state index contributed by atoms with van der Waals surface area (Å²) >= 11 is 11.9. The molecule has 1 amide bonds. The zero-order valence-electron chi connectivity index (χ0n) is 14.5. The Hall–Kier alpha value is -2.94. The lowest BCUT2D eigenvalue weighted by molar-refractivity contribution is -0.112. The molecule has 0 aliphatic rings. The van der Waals surface area contributed by atoms with E-state index in [1.807, 2.05) is 6.07 Å². The largest absolute Gasteiger partial charge is 0.493 e. The van der Waals surface area contributed by atoms with Gasteiger partial charge in [-0.2, -0.15) is 5.26 Å². The van der Waals surface area contributed by atoms with Crippen molar-refractivity contribution >= 4 is 40.9 Å². The summed E-state index contributed by atoms with van der Waals surface area (Å²) in [6.45, 7) is 3.92. The number of ether oxygens (including phenoxy) is 2. The molecule has 0 spiro atoms. The number of carbonyl (C=O) groups is 1. The molecular weight excluding hydrogens is 387 g/mol. The molecule has 0 saturated carbocycles. The fourth-order valence-electron chi connectivity index (χ4n) is 2.14. The molecule has 2 aromatic carbocycles. The molecule has 2 aromatic rings. The zero-order valence-corrected chi connectivity index (χ0v) is 16.0. The van der Waals surface area contributed by atoms with Crippen molar-refractivity contribution in [2.24, 2.45) is 0 Å². The minimum atomic E-state index is -0.604. The van der Waals surface area contributed by atoms with Gasteiger partial charge in [-0.25, -0.2) is 0 Å². The first-order valence-electron chi connectivity index (χ1n) is 7.78. The number of rotatable bonds is 7. The summed E-state index contributed by atoms with van der Waals surface area (Å²) in [5, 5.41) is 12.7. The molecule has 0 aromatic heterocycles. The van der Waals surface area contributed by atoms with Crippen molar-refractivity contribution in [3.8, 4) is 17.6 Å². The molecule has 0 heterocycles. The van der Waals surface area contributed by atoms with Gasteiger partial charge in [0.15, 0.2) is 11.5 Å². The molecule has 0 saturated heterocycles. The highest BCUT2D eigenvalue weighted by Gasteiger charge is 2.13. The summed E-state index contributed by atoms with van der Waals surface area (Å²) in [4.78, 5) is 12.4. The minimum absolute atomic E-state index is 0.104. The van der Waals surface area contributed by atoms with Crippen LogP contribution in [0.2, 0.25) is 10.0 Å². The fourth-order valence-corrected chi connectivity index (χ4v) is 2.48. The maximum Gasteiger partial charge on any atom is 0.266 e. The lowest BCUT2D eigenvalue weighted by Crippen LogP contribution is -2.13. The van der Waals surface area contributed by atoms with Crippen LogP contribution in [0, 0.1) is 11.3 Å². The second-order valence-electron chi connectivity index (χ2n) is 5.26. The van der Waals surface area contributed by atoms with E-state index in [0.717, 1.165) is 0 Å². The summed E-state index contributed by atoms with van der Waals surface area (Å²) in [5.41, 5.74) is 0.815. The second-order valence-corrected chi connectivity index (χ2v) is 6.10. The third-order valence-electron chi connectivity index (χ3n) is 3.40. The number of hydrogen-bond donors (Lipinski definition) is 1. The third kappa shape index (κ3) is 5.52. The van der Waals surface area contributed by atoms with Gasteiger partial charge in [0, 0.05) is 5.02 Å². The summed E-state index contributed by atoms with van der Waals surface area (Å²) in [5.74, 6) is 0.400. The highest BCUT2D eigenvalue weighted by atomic mass is 35.5. The molecule has 0 fully saturated rings. The average molecular weight is 403 g/mol. The van der Waals surface area contributed by atoms with Gasteiger partial charge in [0.2, 0.25) is 0 Å². The fraction of sp³-hybridized carbons (Fsp3) is 0.100. The van der Waals surface area contributed by atoms with Crippen LogP contribution in [0.15, 0.2) is 54.6 Å². The summed E-state index contributed by atoms with van der Waals surface area (Å²) in [6, 6.07) is 11.6. The molecule has 27 heavy (non-hydrogen) atoms. The molecule has 0 atom stereocenters. The van der Waals surface area contributed by atoms with Gasteiger partial charge in [-0.05, 0) is 42.0 Å². The molecule has 0 aliphatic heterocycles. The zero-order chi connectivity index (χ0) is 19.8. The lowest BCUT2D eigenvalue weighted by atomic mass is 10.1. The normalized spacial score (nSPS) is 10.7. The molecule has 138 valence electrons. The van der Waals surface area contributed by atoms with E-state index in [1.54, 1.807) is 36.4 Å². The number of nitrogens with one attached hydrogen (secondary N) is 1. The number of anilines is 1. The van der Waals surface area contributed by atoms with E-state index in [4.69, 9.17) is 32.7 Å². The van der Waals surface area contributed by atoms with Crippen molar-refractivity contribution in [1.82, 2.24) is 0 Å². The quantitative estimate of drug-likeness (QED) is 0.396. The van der Waals surface area contributed by atoms with Crippen LogP contribution in [-0.2, 0) is 4.79 Å². The Labute approximate surface area is 167 Å². The summed E-state index contributed by atoms with van der Waals surface area (Å²) < 4.78 is 10.8. The van der Waals surface area contributed by atoms with E-state index in [1.165, 1.54) is 19.3 Å². The highest BCUT2D eigenvalue weighted by Crippen LogP contribution is 2.29. The standard InChI is InChI=1S/C20H16Cl2N2O3/c1-3-8-27-18-7-4-13(10-19(18)26-2)9-14(12-23)20(25)24-17-11-15(21)5-6-16(17)22/h3-7,9-11H,1,8H2,2H3,(H,24,25)/b14-9+. The van der Waals surface area contributed by atoms with Crippen molar-refractivity contribution in [2.45, 2.75) is 0 Å². The Morgan fingerprint density at radius 1 is 1.26 bits per heavy atom. The maximum atomic E-state index is 12.4. The molecule has 0 radical (unpaired) electrons. The predicted molar refractivity (Wildman–Crippen MR) is 107 cm³/mol. The van der Waals surface area contributed by atoms with E-state index >= 15 is 0 Å². The topological polar surface area (TPSA) is 71.3 Å². The number of halogens is 2. The SMILES string of the molecule is C=CCOc1ccc(/C=C(\C#N)C(=O)Nc2cc(Cl)ccc2Cl)cc1OC. The van der Waals surface area contributed by atoms with Gasteiger partial charge in [-0.15, -0.1) is 0 Å². The number of hydrogen-bond acceptors (Lipinski definition) is 4. The Balaban J connectivity index is 2.26. The number of nitrogens with zero attached hydrogens (tertiary/aromatic N) is 1. The van der Waals surface area contributed by atoms with Crippen molar-refractivity contribution in [2.75, 3.05) is 19.0 Å². The van der Waals surface area contributed by atoms with Gasteiger partial charge in [0.1, 0.15) is 18.2 Å². The van der Waals surface area contributed by atoms with Crippen LogP contribution in [-0.4, -0.2) is 19.6 Å². The van der Waals surface area contributed by atoms with Crippen LogP contribution in [0.3, 0.4) is 0 Å². The van der Waals surface area contributed by atoms with Crippen molar-refractivity contribution in [3.63, 3.8) is 0 Å². The molecule has 0 aliphatic carbocycles. The molecule has 7 heteroatoms. The average Bonchev–Trinajstić information content (AvgIpc) is 2.67. The lowest BCUT2D eigenvalue weighted by Gasteiger charge is -2.10. The van der Waals surface area contributed by atoms with E-state index in [-0.39, 0.29) is 5.57 Å². The molecule has 0 unspecified atom stereocenters. The number of amides is 1. The van der Waals surface area contributed by atoms with Crippen molar-refractivity contribution in [1.29, 1.82) is 5.26 Å². The molecule has 0 bridgehead atoms. The van der Waals surface area contributed by atoms with Crippen LogP contribution in [0.1, 0.15) is 5.56 Å². The van der Waals surface area contributed by atoms with Crippen LogP contribution in [0.4, 0.5) is 5.69 Å². The summed E-state index contributed by atoms with van der Waals surface area (Å²) in [6.07, 6.45) is 3.06. The van der Waals surface area contributed by atoms with Crippen LogP contribution in [0.25, 0.3) is 6.08 Å². The Morgan fingerprint density at radius 3 is 2.70 bits per heavy atom. The Kier molecular flexibility index (Phi) is 7.30. The van der Waals surface area contributed by atoms with Gasteiger partial charge in [-0.1, -0.05) is 41.9 Å². The number of carbonyl (C=O) groups excluding carboxylic acids is 1. The van der Waals surface area contributed by atoms with E-state index in [0.29, 0.717) is 39.4 Å². The van der Waals surface area contributed by atoms with E-state index in [2.05, 4.69) is 11.9 Å². The first-order valence-corrected chi connectivity index (χ1v) is 8.54. The monoisotopic (exact) mass is 402 g/mol. The Morgan fingerprint density at radius 2 is 2.04 bits per heavy atom. The van der Waals surface area contributed by atoms with E-state index < -0.39 is 5.91 Å². The number of methoxy groups -OCH3 is 1. The van der Waals surface area contributed by atoms with E-state index in [9.17, 15) is 10.1 Å². The molecule has 5 nitrogen and oxygen atoms in total. The van der Waals surface area contributed by atoms with Crippen molar-refractivity contribution in [3.05, 3.63) is 70.2 Å². The first kappa shape index (κ1) is 20.4. The minimum Gasteiger partial charge on any atom is -0.493 e. The predicted octanol–water partition coefficient (Wildman–Crippen LogP) is 5.11. The van der Waals surface area contributed by atoms with Gasteiger partial charge < -0.3 is 14.8 Å². The molecule has 1 N–H and O–H groups in total. The van der Waals surface area contributed by atoms with Crippen molar-refractivity contribution < 1.29 is 14.3 Å². The van der Waals surface area contributed by atoms with Gasteiger partial charge >= 0.3 is 0 Å². The second kappa shape index (κ2) is 9.67. The number of benzene rings is 2. The third-order valence-corrected chi connectivity index (χ3v) is 3.96. The smallest absolute Gasteiger partial charge is 0.266 e. The Bertz CT molecular complexity index is 933. The molecular formula is C20H16Cl2N2O3. The maximum absolute atomic E-state index is 12.4. The highest BCUT2D eigenvalue weighted by molar-refractivity contribution is 6.36. The summed E-state index contributed by atoms with van der Waals surface area (Å²) in [7, 11) is 1.50. The molecule has 2 rings (SSSR count). The van der Waals surface area contributed by atoms with Gasteiger partial charge in [0.25, 0.3) is 5.91 Å². The van der Waals surface area contributed by atoms with Gasteiger partial charge in [-0.3, -0.25) is 4.79 Å². The van der Waals surface area contributed by atoms with Crippen LogP contribution < -0.4 is 14.8 Å². The van der Waals surface area contributed by atoms with Crippen LogP contribution in [0.5, 0.6) is 11.5 Å². The van der Waals surface area contributed by atoms with Gasteiger partial charge in [0.05, 0.1) is 17.8 Å².